The highest BCUT2D eigenvalue weighted by molar-refractivity contribution is 6.05. The maximum absolute atomic E-state index is 14.0. The van der Waals surface area contributed by atoms with Crippen LogP contribution in [0, 0.1) is 0 Å². The van der Waals surface area contributed by atoms with Crippen molar-refractivity contribution < 1.29 is 18.7 Å². The molecule has 8 heteroatoms. The monoisotopic (exact) mass is 490 g/mol. The van der Waals surface area contributed by atoms with Crippen LogP contribution in [-0.2, 0) is 6.54 Å². The molecule has 6 nitrogen and oxygen atoms in total. The van der Waals surface area contributed by atoms with E-state index in [1.807, 2.05) is 66.3 Å². The molecule has 4 aromatic rings. The van der Waals surface area contributed by atoms with Crippen molar-refractivity contribution in [3.63, 3.8) is 0 Å². The summed E-state index contributed by atoms with van der Waals surface area (Å²) in [7, 11) is 0. The lowest BCUT2D eigenvalue weighted by Crippen LogP contribution is -2.50. The van der Waals surface area contributed by atoms with Gasteiger partial charge in [-0.1, -0.05) is 42.5 Å². The van der Waals surface area contributed by atoms with Crippen molar-refractivity contribution in [3.8, 4) is 11.1 Å². The zero-order chi connectivity index (χ0) is 25.3. The van der Waals surface area contributed by atoms with E-state index in [-0.39, 0.29) is 18.5 Å². The number of nitrogens with zero attached hydrogens (tertiary/aromatic N) is 3. The number of amides is 1. The number of alkyl halides is 2. The molecule has 1 saturated carbocycles. The Morgan fingerprint density at radius 2 is 1.86 bits per heavy atom. The van der Waals surface area contributed by atoms with Crippen LogP contribution in [0.4, 0.5) is 8.78 Å². The van der Waals surface area contributed by atoms with Crippen molar-refractivity contribution in [1.82, 2.24) is 20.1 Å². The summed E-state index contributed by atoms with van der Waals surface area (Å²) >= 11 is 0. The van der Waals surface area contributed by atoms with Gasteiger partial charge in [-0.2, -0.15) is 5.10 Å². The maximum Gasteiger partial charge on any atom is 0.271 e. The highest BCUT2D eigenvalue weighted by Gasteiger charge is 2.47. The molecule has 1 fully saturated rings. The van der Waals surface area contributed by atoms with E-state index < -0.39 is 36.3 Å². The van der Waals surface area contributed by atoms with Crippen molar-refractivity contribution >= 4 is 16.7 Å². The Morgan fingerprint density at radius 1 is 1.08 bits per heavy atom. The van der Waals surface area contributed by atoms with E-state index in [1.165, 1.54) is 0 Å². The van der Waals surface area contributed by atoms with Gasteiger partial charge in [0.25, 0.3) is 5.91 Å². The van der Waals surface area contributed by atoms with Crippen molar-refractivity contribution in [2.24, 2.45) is 0 Å². The third-order valence-corrected chi connectivity index (χ3v) is 7.06. The topological polar surface area (TPSA) is 80.0 Å². The van der Waals surface area contributed by atoms with E-state index in [2.05, 4.69) is 15.4 Å². The number of hydrogen-bond donors (Lipinski definition) is 2. The van der Waals surface area contributed by atoms with Gasteiger partial charge in [0.15, 0.2) is 0 Å². The summed E-state index contributed by atoms with van der Waals surface area (Å²) in [4.78, 5) is 17.8. The zero-order valence-electron chi connectivity index (χ0n) is 20.0. The summed E-state index contributed by atoms with van der Waals surface area (Å²) in [5.74, 6) is -3.29. The van der Waals surface area contributed by atoms with E-state index in [0.717, 1.165) is 23.1 Å². The maximum atomic E-state index is 14.0. The predicted molar refractivity (Wildman–Crippen MR) is 134 cm³/mol. The molecular weight excluding hydrogens is 462 g/mol. The molecule has 2 aromatic carbocycles. The third-order valence-electron chi connectivity index (χ3n) is 7.06. The Labute approximate surface area is 208 Å². The average Bonchev–Trinajstić information content (AvgIpc) is 3.38. The minimum atomic E-state index is -2.82. The molecule has 1 aliphatic carbocycles. The fourth-order valence-electron chi connectivity index (χ4n) is 4.95. The summed E-state index contributed by atoms with van der Waals surface area (Å²) in [6.45, 7) is 2.72. The van der Waals surface area contributed by atoms with Crippen LogP contribution < -0.4 is 5.32 Å². The van der Waals surface area contributed by atoms with Crippen molar-refractivity contribution in [2.45, 2.75) is 56.7 Å². The number of halogens is 2. The van der Waals surface area contributed by atoms with Crippen molar-refractivity contribution in [3.05, 3.63) is 84.4 Å². The van der Waals surface area contributed by atoms with E-state index in [0.29, 0.717) is 10.9 Å². The van der Waals surface area contributed by atoms with Gasteiger partial charge in [-0.05, 0) is 48.4 Å². The van der Waals surface area contributed by atoms with Crippen LogP contribution in [0.25, 0.3) is 21.9 Å². The third kappa shape index (κ3) is 4.73. The molecule has 1 aliphatic rings. The summed E-state index contributed by atoms with van der Waals surface area (Å²) < 4.78 is 29.8. The number of aryl methyl sites for hydroxylation is 1. The standard InChI is InChI=1S/C28H28F2N4O2/c1-2-34-18-22(17-32-34)20-7-5-8-21(16-20)25(27(36)11-13-28(29,30)14-12-27)33-26(35)24-23-9-4-3-6-19(23)10-15-31-24/h3-10,15-18,25,36H,2,11-14H2,1H3,(H,33,35). The zero-order valence-corrected chi connectivity index (χ0v) is 20.0. The van der Waals surface area contributed by atoms with Crippen LogP contribution in [0.15, 0.2) is 73.2 Å². The lowest BCUT2D eigenvalue weighted by Gasteiger charge is -2.42. The molecule has 186 valence electrons. The van der Waals surface area contributed by atoms with Crippen LogP contribution in [0.3, 0.4) is 0 Å². The Hall–Kier alpha value is -3.65. The smallest absolute Gasteiger partial charge is 0.271 e. The van der Waals surface area contributed by atoms with E-state index in [1.54, 1.807) is 18.5 Å². The minimum Gasteiger partial charge on any atom is -0.387 e. The second-order valence-electron chi connectivity index (χ2n) is 9.46. The molecule has 0 bridgehead atoms. The molecule has 0 aliphatic heterocycles. The summed E-state index contributed by atoms with van der Waals surface area (Å²) in [6.07, 6.45) is 4.09. The lowest BCUT2D eigenvalue weighted by molar-refractivity contribution is -0.116. The number of carbonyl (C=O) groups is 1. The number of pyridine rings is 1. The number of nitrogens with one attached hydrogen (secondary N) is 1. The molecule has 0 radical (unpaired) electrons. The molecule has 36 heavy (non-hydrogen) atoms. The van der Waals surface area contributed by atoms with Gasteiger partial charge >= 0.3 is 0 Å². The Morgan fingerprint density at radius 3 is 2.61 bits per heavy atom. The number of fused-ring (bicyclic) bond motifs is 1. The van der Waals surface area contributed by atoms with Gasteiger partial charge in [-0.3, -0.25) is 14.5 Å². The largest absolute Gasteiger partial charge is 0.387 e. The SMILES string of the molecule is CCn1cc(-c2cccc(C(NC(=O)c3nccc4ccccc34)C3(O)CCC(F)(F)CC3)c2)cn1. The predicted octanol–water partition coefficient (Wildman–Crippen LogP) is 5.53. The van der Waals surface area contributed by atoms with Crippen molar-refractivity contribution in [2.75, 3.05) is 0 Å². The van der Waals surface area contributed by atoms with E-state index in [9.17, 15) is 18.7 Å². The number of aromatic nitrogens is 3. The number of hydrogen-bond acceptors (Lipinski definition) is 4. The molecule has 1 amide bonds. The summed E-state index contributed by atoms with van der Waals surface area (Å²) in [5.41, 5.74) is 1.08. The number of carbonyl (C=O) groups excluding carboxylic acids is 1. The van der Waals surface area contributed by atoms with Crippen LogP contribution in [0.2, 0.25) is 0 Å². The van der Waals surface area contributed by atoms with Gasteiger partial charge in [0.1, 0.15) is 5.69 Å². The molecule has 1 unspecified atom stereocenters. The first-order chi connectivity index (χ1) is 17.3. The Kier molecular flexibility index (Phi) is 6.30. The number of rotatable bonds is 6. The number of aliphatic hydroxyl groups is 1. The molecular formula is C28H28F2N4O2. The Balaban J connectivity index is 1.53. The highest BCUT2D eigenvalue weighted by atomic mass is 19.3. The van der Waals surface area contributed by atoms with Crippen molar-refractivity contribution in [1.29, 1.82) is 0 Å². The van der Waals surface area contributed by atoms with Crippen LogP contribution >= 0.6 is 0 Å². The quantitative estimate of drug-likeness (QED) is 0.373. The van der Waals surface area contributed by atoms with Crippen LogP contribution in [-0.4, -0.2) is 37.3 Å². The molecule has 2 N–H and O–H groups in total. The summed E-state index contributed by atoms with van der Waals surface area (Å²) in [5, 5.41) is 20.5. The van der Waals surface area contributed by atoms with E-state index in [4.69, 9.17) is 0 Å². The Bertz CT molecular complexity index is 1390. The van der Waals surface area contributed by atoms with Gasteiger partial charge in [0.05, 0.1) is 17.8 Å². The second kappa shape index (κ2) is 9.43. The second-order valence-corrected chi connectivity index (χ2v) is 9.46. The van der Waals surface area contributed by atoms with Gasteiger partial charge in [-0.15, -0.1) is 0 Å². The van der Waals surface area contributed by atoms with Crippen LogP contribution in [0.1, 0.15) is 54.7 Å². The van der Waals surface area contributed by atoms with Gasteiger partial charge in [-0.25, -0.2) is 8.78 Å². The molecule has 2 aromatic heterocycles. The minimum absolute atomic E-state index is 0.133. The van der Waals surface area contributed by atoms with Crippen LogP contribution in [0.5, 0.6) is 0 Å². The van der Waals surface area contributed by atoms with Gasteiger partial charge < -0.3 is 10.4 Å². The molecule has 0 spiro atoms. The fraction of sp³-hybridized carbons (Fsp3) is 0.321. The van der Waals surface area contributed by atoms with Gasteiger partial charge in [0.2, 0.25) is 5.92 Å². The highest BCUT2D eigenvalue weighted by Crippen LogP contribution is 2.45. The fourth-order valence-corrected chi connectivity index (χ4v) is 4.95. The first-order valence-electron chi connectivity index (χ1n) is 12.2. The molecule has 1 atom stereocenters. The normalized spacial score (nSPS) is 17.6. The molecule has 0 saturated heterocycles. The lowest BCUT2D eigenvalue weighted by atomic mass is 9.75. The number of benzene rings is 2. The average molecular weight is 491 g/mol. The van der Waals surface area contributed by atoms with Gasteiger partial charge in [0, 0.05) is 42.7 Å². The van der Waals surface area contributed by atoms with E-state index >= 15 is 0 Å². The summed E-state index contributed by atoms with van der Waals surface area (Å²) in [6, 6.07) is 15.8. The first-order valence-corrected chi connectivity index (χ1v) is 12.2. The first kappa shape index (κ1) is 24.1. The molecule has 2 heterocycles. The molecule has 5 rings (SSSR count).